The maximum Gasteiger partial charge on any atom is 0.116 e. The van der Waals surface area contributed by atoms with Gasteiger partial charge in [-0.25, -0.2) is 9.97 Å². The summed E-state index contributed by atoms with van der Waals surface area (Å²) in [6, 6.07) is 8.11. The molecular weight excluding hydrogens is 386 g/mol. The van der Waals surface area contributed by atoms with Crippen molar-refractivity contribution in [2.75, 3.05) is 0 Å². The molecule has 150 valence electrons. The molecule has 31 heavy (non-hydrogen) atoms. The Morgan fingerprint density at radius 2 is 1.84 bits per heavy atom. The number of hydrogen-bond acceptors (Lipinski definition) is 5. The number of aryl methyl sites for hydroxylation is 1. The topological polar surface area (TPSA) is 96.0 Å². The zero-order chi connectivity index (χ0) is 21.2. The van der Waals surface area contributed by atoms with Crippen LogP contribution in [0.3, 0.4) is 0 Å². The van der Waals surface area contributed by atoms with Gasteiger partial charge in [0.25, 0.3) is 0 Å². The van der Waals surface area contributed by atoms with E-state index < -0.39 is 0 Å². The fourth-order valence-electron chi connectivity index (χ4n) is 3.67. The third-order valence-electron chi connectivity index (χ3n) is 5.14. The summed E-state index contributed by atoms with van der Waals surface area (Å²) in [5.41, 5.74) is 8.54. The van der Waals surface area contributed by atoms with Crippen LogP contribution in [0.2, 0.25) is 0 Å². The van der Waals surface area contributed by atoms with Crippen LogP contribution in [0.5, 0.6) is 0 Å². The summed E-state index contributed by atoms with van der Waals surface area (Å²) in [5.74, 6) is 0. The minimum absolute atomic E-state index is 0.795. The van der Waals surface area contributed by atoms with Crippen LogP contribution in [-0.2, 0) is 0 Å². The molecule has 0 aliphatic rings. The van der Waals surface area contributed by atoms with E-state index in [4.69, 9.17) is 0 Å². The molecule has 7 nitrogen and oxygen atoms in total. The van der Waals surface area contributed by atoms with E-state index in [1.54, 1.807) is 37.1 Å². The van der Waals surface area contributed by atoms with Gasteiger partial charge < -0.3 is 4.98 Å². The molecule has 0 atom stereocenters. The van der Waals surface area contributed by atoms with Crippen LogP contribution in [-0.4, -0.2) is 35.1 Å². The molecule has 0 amide bonds. The van der Waals surface area contributed by atoms with Crippen molar-refractivity contribution in [3.63, 3.8) is 0 Å². The zero-order valence-electron chi connectivity index (χ0n) is 16.9. The highest BCUT2D eigenvalue weighted by molar-refractivity contribution is 5.95. The first-order valence-electron chi connectivity index (χ1n) is 9.77. The Labute approximate surface area is 178 Å². The molecule has 0 saturated heterocycles. The van der Waals surface area contributed by atoms with Crippen molar-refractivity contribution in [3.8, 4) is 22.6 Å². The van der Waals surface area contributed by atoms with Crippen molar-refractivity contribution in [2.45, 2.75) is 6.92 Å². The van der Waals surface area contributed by atoms with Gasteiger partial charge in [0.2, 0.25) is 0 Å². The summed E-state index contributed by atoms with van der Waals surface area (Å²) >= 11 is 0. The van der Waals surface area contributed by atoms with Gasteiger partial charge in [-0.1, -0.05) is 18.7 Å². The van der Waals surface area contributed by atoms with E-state index in [0.29, 0.717) is 0 Å². The van der Waals surface area contributed by atoms with Crippen molar-refractivity contribution in [1.29, 1.82) is 0 Å². The molecule has 5 aromatic heterocycles. The van der Waals surface area contributed by atoms with Gasteiger partial charge >= 0.3 is 0 Å². The van der Waals surface area contributed by atoms with Crippen LogP contribution < -0.4 is 0 Å². The maximum atomic E-state index is 4.56. The number of aromatic nitrogens is 7. The Balaban J connectivity index is 1.62. The summed E-state index contributed by atoms with van der Waals surface area (Å²) in [6.45, 7) is 5.94. The molecule has 5 aromatic rings. The Morgan fingerprint density at radius 1 is 1.03 bits per heavy atom. The van der Waals surface area contributed by atoms with Gasteiger partial charge in [0.15, 0.2) is 0 Å². The largest absolute Gasteiger partial charge is 0.357 e. The Bertz CT molecular complexity index is 1400. The van der Waals surface area contributed by atoms with Gasteiger partial charge in [-0.2, -0.15) is 5.10 Å². The summed E-state index contributed by atoms with van der Waals surface area (Å²) in [4.78, 5) is 20.3. The summed E-state index contributed by atoms with van der Waals surface area (Å²) in [7, 11) is 0. The third kappa shape index (κ3) is 3.42. The van der Waals surface area contributed by atoms with E-state index in [-0.39, 0.29) is 0 Å². The first-order chi connectivity index (χ1) is 15.2. The fourth-order valence-corrected chi connectivity index (χ4v) is 3.67. The van der Waals surface area contributed by atoms with Gasteiger partial charge in [-0.05, 0) is 42.3 Å². The first-order valence-corrected chi connectivity index (χ1v) is 9.77. The van der Waals surface area contributed by atoms with Crippen molar-refractivity contribution in [1.82, 2.24) is 35.1 Å². The SMILES string of the molecule is C=C/C=C(/c1ccncc1)c1cc(-c2n[nH]c3cnc(-c4cncnc4)cc23)[nH]c1C. The van der Waals surface area contributed by atoms with E-state index in [1.807, 2.05) is 24.3 Å². The number of allylic oxidation sites excluding steroid dienone is 2. The monoisotopic (exact) mass is 405 g/mol. The van der Waals surface area contributed by atoms with Crippen molar-refractivity contribution in [3.05, 3.63) is 97.1 Å². The van der Waals surface area contributed by atoms with E-state index in [0.717, 1.165) is 55.9 Å². The maximum absolute atomic E-state index is 4.56. The number of nitrogens with one attached hydrogen (secondary N) is 2. The molecule has 0 aliphatic carbocycles. The predicted octanol–water partition coefficient (Wildman–Crippen LogP) is 4.73. The lowest BCUT2D eigenvalue weighted by Crippen LogP contribution is -1.88. The van der Waals surface area contributed by atoms with Crippen molar-refractivity contribution < 1.29 is 0 Å². The number of pyridine rings is 2. The second-order valence-electron chi connectivity index (χ2n) is 7.09. The lowest BCUT2D eigenvalue weighted by molar-refractivity contribution is 1.11. The van der Waals surface area contributed by atoms with Gasteiger partial charge in [0.1, 0.15) is 12.0 Å². The number of rotatable bonds is 5. The smallest absolute Gasteiger partial charge is 0.116 e. The molecule has 0 saturated carbocycles. The second-order valence-corrected chi connectivity index (χ2v) is 7.09. The normalized spacial score (nSPS) is 11.7. The molecule has 5 heterocycles. The predicted molar refractivity (Wildman–Crippen MR) is 121 cm³/mol. The average molecular weight is 405 g/mol. The van der Waals surface area contributed by atoms with E-state index in [9.17, 15) is 0 Å². The van der Waals surface area contributed by atoms with Gasteiger partial charge in [-0.15, -0.1) is 0 Å². The lowest BCUT2D eigenvalue weighted by atomic mass is 9.98. The number of H-pyrrole nitrogens is 2. The van der Waals surface area contributed by atoms with Crippen LogP contribution in [0.25, 0.3) is 39.1 Å². The molecule has 0 aromatic carbocycles. The Hall–Kier alpha value is -4.39. The van der Waals surface area contributed by atoms with E-state index in [2.05, 4.69) is 54.7 Å². The molecule has 2 N–H and O–H groups in total. The van der Waals surface area contributed by atoms with Gasteiger partial charge in [0, 0.05) is 47.0 Å². The highest BCUT2D eigenvalue weighted by atomic mass is 15.1. The quantitative estimate of drug-likeness (QED) is 0.412. The number of hydrogen-bond donors (Lipinski definition) is 2. The Morgan fingerprint density at radius 3 is 2.61 bits per heavy atom. The third-order valence-corrected chi connectivity index (χ3v) is 5.14. The van der Waals surface area contributed by atoms with Crippen LogP contribution in [0, 0.1) is 6.92 Å². The van der Waals surface area contributed by atoms with E-state index in [1.165, 1.54) is 6.33 Å². The van der Waals surface area contributed by atoms with Crippen LogP contribution in [0.4, 0.5) is 0 Å². The van der Waals surface area contributed by atoms with Gasteiger partial charge in [0.05, 0.1) is 23.1 Å². The van der Waals surface area contributed by atoms with Crippen LogP contribution in [0.1, 0.15) is 16.8 Å². The molecule has 0 spiro atoms. The minimum atomic E-state index is 0.795. The standard InChI is InChI=1S/C24H19N7/c1-3-4-18(16-5-7-25-8-6-16)19-9-22(29-15(19)2)24-20-10-21(17-11-26-14-27-12-17)28-13-23(20)30-31-24/h3-14,29H,1H2,2H3,(H,30,31)/b18-4-. The van der Waals surface area contributed by atoms with Gasteiger partial charge in [-0.3, -0.25) is 15.1 Å². The molecule has 0 radical (unpaired) electrons. The van der Waals surface area contributed by atoms with Crippen LogP contribution in [0.15, 0.2) is 80.3 Å². The van der Waals surface area contributed by atoms with Crippen molar-refractivity contribution >= 4 is 16.5 Å². The summed E-state index contributed by atoms with van der Waals surface area (Å²) in [5, 5.41) is 8.61. The molecule has 0 fully saturated rings. The highest BCUT2D eigenvalue weighted by Crippen LogP contribution is 2.33. The zero-order valence-corrected chi connectivity index (χ0v) is 16.9. The molecule has 7 heteroatoms. The Kier molecular flexibility index (Phi) is 4.68. The fraction of sp³-hybridized carbons (Fsp3) is 0.0417. The summed E-state index contributed by atoms with van der Waals surface area (Å²) < 4.78 is 0. The molecule has 0 aliphatic heterocycles. The number of aromatic amines is 2. The second kappa shape index (κ2) is 7.79. The lowest BCUT2D eigenvalue weighted by Gasteiger charge is -2.06. The highest BCUT2D eigenvalue weighted by Gasteiger charge is 2.16. The van der Waals surface area contributed by atoms with E-state index >= 15 is 0 Å². The molecule has 5 rings (SSSR count). The average Bonchev–Trinajstić information content (AvgIpc) is 3.41. The van der Waals surface area contributed by atoms with Crippen LogP contribution >= 0.6 is 0 Å². The number of fused-ring (bicyclic) bond motifs is 1. The minimum Gasteiger partial charge on any atom is -0.357 e. The molecule has 0 bridgehead atoms. The first kappa shape index (κ1) is 18.6. The molecular formula is C24H19N7. The molecule has 0 unspecified atom stereocenters. The summed E-state index contributed by atoms with van der Waals surface area (Å²) in [6.07, 6.45) is 14.2. The number of nitrogens with zero attached hydrogens (tertiary/aromatic N) is 5. The van der Waals surface area contributed by atoms with Crippen molar-refractivity contribution in [2.24, 2.45) is 0 Å².